The average molecular weight is 446 g/mol. The Morgan fingerprint density at radius 2 is 2.13 bits per heavy atom. The van der Waals surface area contributed by atoms with Crippen molar-refractivity contribution in [3.05, 3.63) is 63.2 Å². The number of rotatable bonds is 5. The fraction of sp³-hybridized carbons (Fsp3) is 0.300. The highest BCUT2D eigenvalue weighted by atomic mass is 35.5. The fourth-order valence-electron chi connectivity index (χ4n) is 3.32. The van der Waals surface area contributed by atoms with Gasteiger partial charge in [0.15, 0.2) is 11.8 Å². The predicted octanol–water partition coefficient (Wildman–Crippen LogP) is 2.80. The second-order valence-electron chi connectivity index (χ2n) is 7.07. The molecule has 3 rings (SSSR count). The largest absolute Gasteiger partial charge is 0.482 e. The van der Waals surface area contributed by atoms with E-state index in [2.05, 4.69) is 15.6 Å². The molecule has 0 radical (unpaired) electrons. The summed E-state index contributed by atoms with van der Waals surface area (Å²) in [6.07, 6.45) is 0.592. The number of nitro groups is 1. The third-order valence-corrected chi connectivity index (χ3v) is 5.04. The molecule has 1 heterocycles. The first kappa shape index (κ1) is 22.3. The van der Waals surface area contributed by atoms with E-state index in [4.69, 9.17) is 26.3 Å². The summed E-state index contributed by atoms with van der Waals surface area (Å²) < 4.78 is 11.1. The molecular weight excluding hydrogens is 426 g/mol. The number of hydrogen-bond acceptors (Lipinski definition) is 7. The van der Waals surface area contributed by atoms with Crippen molar-refractivity contribution in [3.8, 4) is 11.9 Å². The molecule has 0 saturated heterocycles. The molecular formula is C20H20ClN5O5. The molecule has 0 amide bonds. The van der Waals surface area contributed by atoms with E-state index in [0.29, 0.717) is 22.0 Å². The van der Waals surface area contributed by atoms with Crippen molar-refractivity contribution in [2.75, 3.05) is 13.7 Å². The smallest absolute Gasteiger partial charge is 0.270 e. The first-order valence-electron chi connectivity index (χ1n) is 9.17. The Morgan fingerprint density at radius 1 is 1.42 bits per heavy atom. The number of nitrogens with zero attached hydrogens (tertiary/aromatic N) is 3. The van der Waals surface area contributed by atoms with Gasteiger partial charge in [-0.05, 0) is 37.3 Å². The molecule has 10 nitrogen and oxygen atoms in total. The lowest BCUT2D eigenvalue weighted by atomic mass is 9.85. The number of aliphatic hydroxyl groups excluding tert-OH is 1. The number of benzene rings is 2. The minimum absolute atomic E-state index is 0.0352. The van der Waals surface area contributed by atoms with Crippen LogP contribution < -0.4 is 15.4 Å². The lowest BCUT2D eigenvalue weighted by Gasteiger charge is -2.44. The minimum Gasteiger partial charge on any atom is -0.482 e. The lowest BCUT2D eigenvalue weighted by Crippen LogP contribution is -2.58. The summed E-state index contributed by atoms with van der Waals surface area (Å²) in [6.45, 7) is 1.71. The molecule has 3 unspecified atom stereocenters. The first-order chi connectivity index (χ1) is 14.8. The molecule has 11 heteroatoms. The van der Waals surface area contributed by atoms with Gasteiger partial charge in [0, 0.05) is 29.8 Å². The summed E-state index contributed by atoms with van der Waals surface area (Å²) in [5.74, 6) is 0.378. The Hall–Kier alpha value is -3.39. The second-order valence-corrected chi connectivity index (χ2v) is 7.50. The third-order valence-electron chi connectivity index (χ3n) is 4.79. The standard InChI is InChI=1S/C20H20ClN5O5/c1-20(10-30-2)18(27)17(15-9-14(26(28)29)7-8-16(15)31-20)25-19(23-11-22)24-13-5-3-12(21)4-6-13/h3-9,17-18,27H,10H2,1-2H3,(H2,23,24,25). The van der Waals surface area contributed by atoms with Gasteiger partial charge in [0.25, 0.3) is 5.69 Å². The normalized spacial score (nSPS) is 22.6. The Morgan fingerprint density at radius 3 is 2.74 bits per heavy atom. The number of fused-ring (bicyclic) bond motifs is 1. The van der Waals surface area contributed by atoms with Gasteiger partial charge >= 0.3 is 0 Å². The summed E-state index contributed by atoms with van der Waals surface area (Å²) in [7, 11) is 1.47. The number of guanidine groups is 1. The minimum atomic E-state index is -1.20. The summed E-state index contributed by atoms with van der Waals surface area (Å²) in [5, 5.41) is 37.5. The number of aliphatic imine (C=N–C) groups is 1. The average Bonchev–Trinajstić information content (AvgIpc) is 2.73. The van der Waals surface area contributed by atoms with E-state index in [9.17, 15) is 15.2 Å². The molecule has 1 aliphatic heterocycles. The third kappa shape index (κ3) is 4.86. The van der Waals surface area contributed by atoms with Gasteiger partial charge in [0.2, 0.25) is 5.96 Å². The van der Waals surface area contributed by atoms with Crippen molar-refractivity contribution in [3.63, 3.8) is 0 Å². The number of nitrogens with one attached hydrogen (secondary N) is 2. The molecule has 0 saturated carbocycles. The molecule has 31 heavy (non-hydrogen) atoms. The molecule has 0 aromatic heterocycles. The lowest BCUT2D eigenvalue weighted by molar-refractivity contribution is -0.385. The zero-order chi connectivity index (χ0) is 22.6. The number of non-ortho nitro benzene ring substituents is 1. The Labute approximate surface area is 183 Å². The highest BCUT2D eigenvalue weighted by Crippen LogP contribution is 2.41. The van der Waals surface area contributed by atoms with Crippen LogP contribution in [-0.2, 0) is 4.74 Å². The summed E-state index contributed by atoms with van der Waals surface area (Å²) >= 11 is 5.90. The summed E-state index contributed by atoms with van der Waals surface area (Å²) in [5.41, 5.74) is -0.483. The van der Waals surface area contributed by atoms with Crippen LogP contribution in [0, 0.1) is 21.6 Å². The van der Waals surface area contributed by atoms with Crippen LogP contribution in [0.3, 0.4) is 0 Å². The number of methoxy groups -OCH3 is 1. The molecule has 3 N–H and O–H groups in total. The van der Waals surface area contributed by atoms with Crippen LogP contribution in [0.25, 0.3) is 0 Å². The number of nitro benzene ring substituents is 1. The van der Waals surface area contributed by atoms with E-state index in [1.165, 1.54) is 25.3 Å². The van der Waals surface area contributed by atoms with Gasteiger partial charge in [-0.2, -0.15) is 5.26 Å². The monoisotopic (exact) mass is 445 g/mol. The Bertz CT molecular complexity index is 1040. The van der Waals surface area contributed by atoms with Crippen molar-refractivity contribution in [2.45, 2.75) is 24.7 Å². The molecule has 2 aromatic rings. The zero-order valence-corrected chi connectivity index (χ0v) is 17.5. The number of halogens is 1. The van der Waals surface area contributed by atoms with Crippen molar-refractivity contribution in [2.24, 2.45) is 4.99 Å². The molecule has 0 aliphatic carbocycles. The SMILES string of the molecule is COCC1(C)Oc2ccc([N+](=O)[O-])cc2C(NC(=Nc2ccc(Cl)cc2)NC#N)C1O. The van der Waals surface area contributed by atoms with Gasteiger partial charge in [-0.1, -0.05) is 11.6 Å². The fourth-order valence-corrected chi connectivity index (χ4v) is 3.45. The maximum absolute atomic E-state index is 11.3. The number of nitriles is 1. The zero-order valence-electron chi connectivity index (χ0n) is 16.7. The van der Waals surface area contributed by atoms with E-state index in [1.54, 1.807) is 37.4 Å². The molecule has 3 atom stereocenters. The highest BCUT2D eigenvalue weighted by molar-refractivity contribution is 6.30. The van der Waals surface area contributed by atoms with Gasteiger partial charge in [0.05, 0.1) is 23.3 Å². The molecule has 162 valence electrons. The van der Waals surface area contributed by atoms with Crippen LogP contribution in [-0.4, -0.2) is 41.4 Å². The molecule has 2 aromatic carbocycles. The van der Waals surface area contributed by atoms with Crippen LogP contribution in [0.2, 0.25) is 5.02 Å². The molecule has 1 aliphatic rings. The van der Waals surface area contributed by atoms with Gasteiger partial charge in [-0.15, -0.1) is 0 Å². The van der Waals surface area contributed by atoms with E-state index in [0.717, 1.165) is 0 Å². The number of hydrogen-bond donors (Lipinski definition) is 3. The van der Waals surface area contributed by atoms with Crippen LogP contribution in [0.4, 0.5) is 11.4 Å². The van der Waals surface area contributed by atoms with Crippen molar-refractivity contribution >= 4 is 28.9 Å². The molecule has 0 bridgehead atoms. The van der Waals surface area contributed by atoms with Crippen LogP contribution in [0.5, 0.6) is 5.75 Å². The summed E-state index contributed by atoms with van der Waals surface area (Å²) in [4.78, 5) is 15.1. The molecule has 0 fully saturated rings. The van der Waals surface area contributed by atoms with E-state index in [1.807, 2.05) is 0 Å². The van der Waals surface area contributed by atoms with Crippen molar-refractivity contribution in [1.82, 2.24) is 10.6 Å². The second kappa shape index (κ2) is 9.18. The van der Waals surface area contributed by atoms with Crippen LogP contribution >= 0.6 is 11.6 Å². The quantitative estimate of drug-likeness (QED) is 0.159. The highest BCUT2D eigenvalue weighted by Gasteiger charge is 2.47. The predicted molar refractivity (Wildman–Crippen MR) is 113 cm³/mol. The van der Waals surface area contributed by atoms with Gasteiger partial charge in [-0.3, -0.25) is 15.4 Å². The van der Waals surface area contributed by atoms with Crippen LogP contribution in [0.1, 0.15) is 18.5 Å². The topological polar surface area (TPSA) is 142 Å². The van der Waals surface area contributed by atoms with Gasteiger partial charge in [-0.25, -0.2) is 4.99 Å². The summed E-state index contributed by atoms with van der Waals surface area (Å²) in [6, 6.07) is 9.79. The maximum Gasteiger partial charge on any atom is 0.270 e. The Kier molecular flexibility index (Phi) is 6.60. The molecule has 0 spiro atoms. The Balaban J connectivity index is 2.05. The van der Waals surface area contributed by atoms with E-state index in [-0.39, 0.29) is 18.3 Å². The van der Waals surface area contributed by atoms with Crippen molar-refractivity contribution in [1.29, 1.82) is 5.26 Å². The van der Waals surface area contributed by atoms with Gasteiger partial charge in [0.1, 0.15) is 11.9 Å². The van der Waals surface area contributed by atoms with E-state index < -0.39 is 22.7 Å². The number of ether oxygens (including phenoxy) is 2. The van der Waals surface area contributed by atoms with Crippen LogP contribution in [0.15, 0.2) is 47.5 Å². The van der Waals surface area contributed by atoms with Crippen molar-refractivity contribution < 1.29 is 19.5 Å². The maximum atomic E-state index is 11.3. The van der Waals surface area contributed by atoms with Gasteiger partial charge < -0.3 is 19.9 Å². The first-order valence-corrected chi connectivity index (χ1v) is 9.55. The number of aliphatic hydroxyl groups is 1. The van der Waals surface area contributed by atoms with E-state index >= 15 is 0 Å².